The number of H-pyrrole nitrogens is 2. The molecule has 1 aromatic carbocycles. The number of nitrogens with one attached hydrogen (secondary N) is 2. The van der Waals surface area contributed by atoms with Crippen LogP contribution in [0.5, 0.6) is 0 Å². The molecule has 1 aliphatic heterocycles. The zero-order valence-electron chi connectivity index (χ0n) is 21.7. The number of imidazole rings is 1. The Bertz CT molecular complexity index is 1580. The average molecular weight is 521 g/mol. The summed E-state index contributed by atoms with van der Waals surface area (Å²) in [5, 5.41) is 13.1. The average Bonchev–Trinajstić information content (AvgIpc) is 3.75. The van der Waals surface area contributed by atoms with Gasteiger partial charge in [-0.3, -0.25) is 10.1 Å². The van der Waals surface area contributed by atoms with Gasteiger partial charge in [0.25, 0.3) is 0 Å². The molecule has 38 heavy (non-hydrogen) atoms. The molecule has 1 fully saturated rings. The van der Waals surface area contributed by atoms with E-state index < -0.39 is 0 Å². The van der Waals surface area contributed by atoms with Crippen molar-refractivity contribution in [1.82, 2.24) is 30.0 Å². The summed E-state index contributed by atoms with van der Waals surface area (Å²) in [4.78, 5) is 15.6. The summed E-state index contributed by atoms with van der Waals surface area (Å²) >= 11 is 1.67. The molecule has 0 bridgehead atoms. The first-order chi connectivity index (χ1) is 18.7. The van der Waals surface area contributed by atoms with E-state index in [9.17, 15) is 0 Å². The number of fused-ring (bicyclic) bond motifs is 1. The number of allylic oxidation sites excluding steroid dienone is 2. The molecule has 5 aromatic rings. The van der Waals surface area contributed by atoms with Crippen LogP contribution in [0.4, 0.5) is 0 Å². The fourth-order valence-electron chi connectivity index (χ4n) is 5.35. The van der Waals surface area contributed by atoms with Gasteiger partial charge >= 0.3 is 0 Å². The van der Waals surface area contributed by atoms with Gasteiger partial charge in [0.05, 0.1) is 11.2 Å². The Kier molecular flexibility index (Phi) is 7.03. The zero-order chi connectivity index (χ0) is 25.9. The van der Waals surface area contributed by atoms with Gasteiger partial charge < -0.3 is 9.88 Å². The molecular formula is C31H32N6S. The lowest BCUT2D eigenvalue weighted by molar-refractivity contribution is 0.334. The third kappa shape index (κ3) is 4.99. The second kappa shape index (κ2) is 10.9. The van der Waals surface area contributed by atoms with Gasteiger partial charge in [0.15, 0.2) is 5.82 Å². The molecule has 7 heteroatoms. The van der Waals surface area contributed by atoms with E-state index in [1.165, 1.54) is 44.5 Å². The van der Waals surface area contributed by atoms with E-state index in [1.54, 1.807) is 11.3 Å². The Balaban J connectivity index is 1.29. The molecule has 6 rings (SSSR count). The monoisotopic (exact) mass is 520 g/mol. The minimum absolute atomic E-state index is 0.750. The summed E-state index contributed by atoms with van der Waals surface area (Å²) < 4.78 is 0. The van der Waals surface area contributed by atoms with Gasteiger partial charge in [0.1, 0.15) is 5.69 Å². The molecule has 4 aromatic heterocycles. The largest absolute Gasteiger partial charge is 0.340 e. The van der Waals surface area contributed by atoms with E-state index in [0.29, 0.717) is 0 Å². The number of benzene rings is 1. The van der Waals surface area contributed by atoms with E-state index >= 15 is 0 Å². The lowest BCUT2D eigenvalue weighted by atomic mass is 10.0. The van der Waals surface area contributed by atoms with E-state index in [4.69, 9.17) is 4.98 Å². The molecule has 0 radical (unpaired) electrons. The number of aromatic nitrogens is 5. The van der Waals surface area contributed by atoms with Gasteiger partial charge in [-0.2, -0.15) is 16.4 Å². The maximum Gasteiger partial charge on any atom is 0.159 e. The Morgan fingerprint density at radius 2 is 2.03 bits per heavy atom. The van der Waals surface area contributed by atoms with Crippen LogP contribution in [0.15, 0.2) is 72.2 Å². The number of thiophene rings is 1. The van der Waals surface area contributed by atoms with Crippen molar-refractivity contribution in [2.45, 2.75) is 32.6 Å². The molecule has 5 heterocycles. The smallest absolute Gasteiger partial charge is 0.159 e. The number of aryl methyl sites for hydroxylation is 2. The minimum atomic E-state index is 0.750. The third-order valence-corrected chi connectivity index (χ3v) is 7.99. The van der Waals surface area contributed by atoms with Gasteiger partial charge in [-0.25, -0.2) is 4.98 Å². The summed E-state index contributed by atoms with van der Waals surface area (Å²) in [6.45, 7) is 9.64. The molecule has 6 nitrogen and oxygen atoms in total. The fraction of sp³-hybridized carbons (Fsp3) is 0.258. The summed E-state index contributed by atoms with van der Waals surface area (Å²) in [5.41, 5.74) is 9.44. The van der Waals surface area contributed by atoms with Crippen LogP contribution < -0.4 is 0 Å². The minimum Gasteiger partial charge on any atom is -0.340 e. The van der Waals surface area contributed by atoms with Crippen LogP contribution in [-0.4, -0.2) is 49.7 Å². The van der Waals surface area contributed by atoms with E-state index in [1.807, 2.05) is 24.5 Å². The SMILES string of the molecule is C=C/C=C(/c1ccsc1)c1nc(-c2n[nH]c3ccc(-c4cncc(CCCN5CCCC5)c4)cc23)[nH]c1C. The molecule has 2 N–H and O–H groups in total. The first-order valence-electron chi connectivity index (χ1n) is 13.3. The van der Waals surface area contributed by atoms with Crippen molar-refractivity contribution in [3.8, 4) is 22.6 Å². The van der Waals surface area contributed by atoms with Gasteiger partial charge in [0.2, 0.25) is 0 Å². The van der Waals surface area contributed by atoms with Crippen molar-refractivity contribution in [2.24, 2.45) is 0 Å². The maximum absolute atomic E-state index is 4.99. The summed E-state index contributed by atoms with van der Waals surface area (Å²) in [5.74, 6) is 0.750. The molecule has 0 unspecified atom stereocenters. The van der Waals surface area contributed by atoms with Crippen LogP contribution in [0.2, 0.25) is 0 Å². The molecule has 0 saturated carbocycles. The number of hydrogen-bond donors (Lipinski definition) is 2. The Labute approximate surface area is 227 Å². The Hall–Kier alpha value is -3.81. The lowest BCUT2D eigenvalue weighted by Crippen LogP contribution is -2.20. The number of nitrogens with zero attached hydrogens (tertiary/aromatic N) is 4. The zero-order valence-corrected chi connectivity index (χ0v) is 22.5. The maximum atomic E-state index is 4.99. The van der Waals surface area contributed by atoms with E-state index in [-0.39, 0.29) is 0 Å². The van der Waals surface area contributed by atoms with Crippen LogP contribution in [-0.2, 0) is 6.42 Å². The molecule has 1 saturated heterocycles. The first kappa shape index (κ1) is 24.5. The summed E-state index contributed by atoms with van der Waals surface area (Å²) in [7, 11) is 0. The van der Waals surface area contributed by atoms with Crippen molar-refractivity contribution in [2.75, 3.05) is 19.6 Å². The predicted octanol–water partition coefficient (Wildman–Crippen LogP) is 7.03. The van der Waals surface area contributed by atoms with Crippen molar-refractivity contribution >= 4 is 27.8 Å². The number of pyridine rings is 1. The van der Waals surface area contributed by atoms with Gasteiger partial charge in [0, 0.05) is 34.6 Å². The third-order valence-electron chi connectivity index (χ3n) is 7.31. The number of aromatic amines is 2. The number of rotatable bonds is 9. The van der Waals surface area contributed by atoms with Crippen LogP contribution in [0.1, 0.15) is 41.8 Å². The molecule has 0 aliphatic carbocycles. The molecular weight excluding hydrogens is 488 g/mol. The fourth-order valence-corrected chi connectivity index (χ4v) is 6.01. The summed E-state index contributed by atoms with van der Waals surface area (Å²) in [6.07, 6.45) is 12.7. The highest BCUT2D eigenvalue weighted by molar-refractivity contribution is 7.08. The highest BCUT2D eigenvalue weighted by atomic mass is 32.1. The van der Waals surface area contributed by atoms with E-state index in [0.717, 1.165) is 62.5 Å². The van der Waals surface area contributed by atoms with Crippen molar-refractivity contribution in [3.63, 3.8) is 0 Å². The van der Waals surface area contributed by atoms with Crippen molar-refractivity contribution in [1.29, 1.82) is 0 Å². The highest BCUT2D eigenvalue weighted by Crippen LogP contribution is 2.33. The second-order valence-electron chi connectivity index (χ2n) is 9.95. The van der Waals surface area contributed by atoms with Crippen LogP contribution in [0, 0.1) is 6.92 Å². The first-order valence-corrected chi connectivity index (χ1v) is 14.2. The van der Waals surface area contributed by atoms with Crippen molar-refractivity contribution < 1.29 is 0 Å². The van der Waals surface area contributed by atoms with Crippen LogP contribution in [0.3, 0.4) is 0 Å². The van der Waals surface area contributed by atoms with Crippen LogP contribution in [0.25, 0.3) is 39.1 Å². The molecule has 0 atom stereocenters. The van der Waals surface area contributed by atoms with Gasteiger partial charge in [-0.1, -0.05) is 24.8 Å². The van der Waals surface area contributed by atoms with Crippen molar-refractivity contribution in [3.05, 3.63) is 94.7 Å². The Morgan fingerprint density at radius 3 is 2.84 bits per heavy atom. The molecule has 1 aliphatic rings. The quantitative estimate of drug-likeness (QED) is 0.205. The molecule has 0 spiro atoms. The normalized spacial score (nSPS) is 14.5. The summed E-state index contributed by atoms with van der Waals surface area (Å²) in [6, 6.07) is 10.8. The van der Waals surface area contributed by atoms with Crippen LogP contribution >= 0.6 is 11.3 Å². The van der Waals surface area contributed by atoms with Gasteiger partial charge in [-0.15, -0.1) is 0 Å². The highest BCUT2D eigenvalue weighted by Gasteiger charge is 2.18. The number of likely N-dealkylation sites (tertiary alicyclic amines) is 1. The predicted molar refractivity (Wildman–Crippen MR) is 157 cm³/mol. The molecule has 192 valence electrons. The standard InChI is InChI=1S/C31H32N6S/c1-3-7-26(24-11-15-38-20-24)29-21(2)33-31(34-29)30-27-17-23(9-10-28(27)35-36-30)25-16-22(18-32-19-25)8-6-14-37-12-4-5-13-37/h3,7,9-11,15-20H,1,4-6,8,12-14H2,2H3,(H,33,34)(H,35,36)/b26-7-. The second-order valence-corrected chi connectivity index (χ2v) is 10.7. The lowest BCUT2D eigenvalue weighted by Gasteiger charge is -2.14. The molecule has 0 amide bonds. The Morgan fingerprint density at radius 1 is 1.13 bits per heavy atom. The van der Waals surface area contributed by atoms with E-state index in [2.05, 4.69) is 79.7 Å². The topological polar surface area (TPSA) is 73.5 Å². The number of hydrogen-bond acceptors (Lipinski definition) is 5. The van der Waals surface area contributed by atoms with Gasteiger partial charge in [-0.05, 0) is 104 Å².